The Labute approximate surface area is 164 Å². The van der Waals surface area contributed by atoms with Crippen LogP contribution in [0.25, 0.3) is 22.0 Å². The molecule has 0 saturated carbocycles. The van der Waals surface area contributed by atoms with Crippen LogP contribution in [0.3, 0.4) is 0 Å². The minimum Gasteiger partial charge on any atom is -0.339 e. The van der Waals surface area contributed by atoms with Crippen LogP contribution in [0.4, 0.5) is 0 Å². The zero-order valence-electron chi connectivity index (χ0n) is 16.2. The maximum atomic E-state index is 12.9. The number of carbonyl (C=O) groups excluding carboxylic acids is 2. The topological polar surface area (TPSA) is 53.5 Å². The van der Waals surface area contributed by atoms with Crippen LogP contribution in [-0.2, 0) is 4.79 Å². The van der Waals surface area contributed by atoms with Crippen molar-refractivity contribution >= 4 is 22.7 Å². The molecule has 1 fully saturated rings. The fourth-order valence-corrected chi connectivity index (χ4v) is 3.80. The normalized spacial score (nSPS) is 14.4. The Bertz CT molecular complexity index is 1050. The highest BCUT2D eigenvalue weighted by Crippen LogP contribution is 2.30. The van der Waals surface area contributed by atoms with Gasteiger partial charge in [0, 0.05) is 50.2 Å². The van der Waals surface area contributed by atoms with Gasteiger partial charge in [-0.05, 0) is 41.8 Å². The molecule has 142 valence electrons. The number of carbonyl (C=O) groups is 2. The number of fused-ring (bicyclic) bond motifs is 1. The summed E-state index contributed by atoms with van der Waals surface area (Å²) in [6.45, 7) is 5.97. The van der Waals surface area contributed by atoms with Gasteiger partial charge < -0.3 is 9.80 Å². The van der Waals surface area contributed by atoms with E-state index in [2.05, 4.69) is 24.0 Å². The van der Waals surface area contributed by atoms with E-state index in [9.17, 15) is 9.59 Å². The zero-order valence-corrected chi connectivity index (χ0v) is 16.2. The van der Waals surface area contributed by atoms with Crippen molar-refractivity contribution < 1.29 is 9.59 Å². The molecule has 0 spiro atoms. The molecule has 28 heavy (non-hydrogen) atoms. The van der Waals surface area contributed by atoms with Crippen molar-refractivity contribution in [3.05, 3.63) is 65.9 Å². The third-order valence-corrected chi connectivity index (χ3v) is 5.44. The molecule has 4 rings (SSSR count). The van der Waals surface area contributed by atoms with Crippen LogP contribution >= 0.6 is 0 Å². The molecular weight excluding hydrogens is 350 g/mol. The molecule has 0 radical (unpaired) electrons. The molecule has 1 saturated heterocycles. The molecule has 0 aliphatic carbocycles. The fraction of sp³-hybridized carbons (Fsp3) is 0.261. The summed E-state index contributed by atoms with van der Waals surface area (Å²) in [5.74, 6) is 0.0546. The smallest absolute Gasteiger partial charge is 0.254 e. The van der Waals surface area contributed by atoms with E-state index >= 15 is 0 Å². The lowest BCUT2D eigenvalue weighted by molar-refractivity contribution is -0.130. The predicted octanol–water partition coefficient (Wildman–Crippen LogP) is 3.51. The summed E-state index contributed by atoms with van der Waals surface area (Å²) in [6, 6.07) is 16.0. The number of hydrogen-bond donors (Lipinski definition) is 0. The third kappa shape index (κ3) is 3.36. The fourth-order valence-electron chi connectivity index (χ4n) is 3.80. The first-order chi connectivity index (χ1) is 13.5. The molecule has 1 aliphatic rings. The number of amides is 2. The summed E-state index contributed by atoms with van der Waals surface area (Å²) in [5.41, 5.74) is 4.96. The number of hydrogen-bond acceptors (Lipinski definition) is 3. The van der Waals surface area contributed by atoms with Crippen molar-refractivity contribution in [2.24, 2.45) is 0 Å². The van der Waals surface area contributed by atoms with Gasteiger partial charge in [0.15, 0.2) is 0 Å². The molecule has 5 nitrogen and oxygen atoms in total. The van der Waals surface area contributed by atoms with Crippen LogP contribution in [0.1, 0.15) is 22.8 Å². The first-order valence-corrected chi connectivity index (χ1v) is 9.54. The summed E-state index contributed by atoms with van der Waals surface area (Å²) in [6.07, 6.45) is 1.80. The van der Waals surface area contributed by atoms with Crippen LogP contribution in [0.5, 0.6) is 0 Å². The van der Waals surface area contributed by atoms with Gasteiger partial charge in [0.2, 0.25) is 5.91 Å². The van der Waals surface area contributed by atoms with Gasteiger partial charge in [-0.25, -0.2) is 0 Å². The van der Waals surface area contributed by atoms with E-state index in [1.165, 1.54) is 11.1 Å². The highest BCUT2D eigenvalue weighted by atomic mass is 16.2. The summed E-state index contributed by atoms with van der Waals surface area (Å²) >= 11 is 0. The number of benzene rings is 2. The maximum Gasteiger partial charge on any atom is 0.254 e. The second-order valence-corrected chi connectivity index (χ2v) is 7.20. The average Bonchev–Trinajstić information content (AvgIpc) is 2.73. The molecule has 2 heterocycles. The van der Waals surface area contributed by atoms with E-state index < -0.39 is 0 Å². The lowest BCUT2D eigenvalue weighted by atomic mass is 9.96. The van der Waals surface area contributed by atoms with Gasteiger partial charge in [0.25, 0.3) is 5.91 Å². The van der Waals surface area contributed by atoms with Crippen LogP contribution < -0.4 is 0 Å². The van der Waals surface area contributed by atoms with Gasteiger partial charge >= 0.3 is 0 Å². The Balaban J connectivity index is 1.63. The molecule has 1 aliphatic heterocycles. The Kier molecular flexibility index (Phi) is 4.82. The quantitative estimate of drug-likeness (QED) is 0.691. The number of rotatable bonds is 2. The first kappa shape index (κ1) is 18.2. The van der Waals surface area contributed by atoms with Crippen molar-refractivity contribution in [3.63, 3.8) is 0 Å². The van der Waals surface area contributed by atoms with E-state index in [4.69, 9.17) is 0 Å². The molecule has 2 aromatic carbocycles. The van der Waals surface area contributed by atoms with E-state index in [1.54, 1.807) is 18.0 Å². The van der Waals surface area contributed by atoms with Crippen molar-refractivity contribution in [1.82, 2.24) is 14.8 Å². The molecule has 0 unspecified atom stereocenters. The van der Waals surface area contributed by atoms with Crippen LogP contribution in [0.15, 0.2) is 54.7 Å². The number of piperazine rings is 1. The van der Waals surface area contributed by atoms with Gasteiger partial charge in [-0.2, -0.15) is 0 Å². The lowest BCUT2D eigenvalue weighted by Gasteiger charge is -2.34. The lowest BCUT2D eigenvalue weighted by Crippen LogP contribution is -2.50. The highest BCUT2D eigenvalue weighted by molar-refractivity contribution is 6.01. The molecule has 1 aromatic heterocycles. The number of aryl methyl sites for hydroxylation is 1. The second kappa shape index (κ2) is 7.43. The third-order valence-electron chi connectivity index (χ3n) is 5.44. The summed E-state index contributed by atoms with van der Waals surface area (Å²) in [4.78, 5) is 32.5. The van der Waals surface area contributed by atoms with Crippen molar-refractivity contribution in [2.45, 2.75) is 13.8 Å². The number of nitrogens with zero attached hydrogens (tertiary/aromatic N) is 3. The van der Waals surface area contributed by atoms with Crippen molar-refractivity contribution in [1.29, 1.82) is 0 Å². The standard InChI is InChI=1S/C23H23N3O2/c1-16-5-3-4-6-19(16)20-9-10-24-22-15-18(7-8-21(20)22)23(28)26-13-11-25(12-14-26)17(2)27/h3-10,15H,11-14H2,1-2H3. The van der Waals surface area contributed by atoms with E-state index in [1.807, 2.05) is 41.3 Å². The van der Waals surface area contributed by atoms with Gasteiger partial charge in [-0.1, -0.05) is 30.3 Å². The van der Waals surface area contributed by atoms with Gasteiger partial charge in [0.1, 0.15) is 0 Å². The van der Waals surface area contributed by atoms with E-state index in [0.717, 1.165) is 16.5 Å². The monoisotopic (exact) mass is 373 g/mol. The molecular formula is C23H23N3O2. The zero-order chi connectivity index (χ0) is 19.7. The number of pyridine rings is 1. The minimum atomic E-state index is -0.00630. The van der Waals surface area contributed by atoms with Crippen molar-refractivity contribution in [3.8, 4) is 11.1 Å². The highest BCUT2D eigenvalue weighted by Gasteiger charge is 2.23. The Hall–Kier alpha value is -3.21. The summed E-state index contributed by atoms with van der Waals surface area (Å²) < 4.78 is 0. The van der Waals surface area contributed by atoms with Gasteiger partial charge in [0.05, 0.1) is 5.52 Å². The van der Waals surface area contributed by atoms with Crippen LogP contribution in [0, 0.1) is 6.92 Å². The SMILES string of the molecule is CC(=O)N1CCN(C(=O)c2ccc3c(-c4ccccc4C)ccnc3c2)CC1. The molecule has 2 amide bonds. The van der Waals surface area contributed by atoms with E-state index in [0.29, 0.717) is 31.7 Å². The Morgan fingerprint density at radius 2 is 1.61 bits per heavy atom. The second-order valence-electron chi connectivity index (χ2n) is 7.20. The van der Waals surface area contributed by atoms with Gasteiger partial charge in [-0.3, -0.25) is 14.6 Å². The first-order valence-electron chi connectivity index (χ1n) is 9.54. The molecule has 3 aromatic rings. The summed E-state index contributed by atoms with van der Waals surface area (Å²) in [5, 5.41) is 1.04. The Morgan fingerprint density at radius 1 is 0.893 bits per heavy atom. The van der Waals surface area contributed by atoms with Gasteiger partial charge in [-0.15, -0.1) is 0 Å². The molecule has 0 bridgehead atoms. The average molecular weight is 373 g/mol. The molecule has 0 N–H and O–H groups in total. The largest absolute Gasteiger partial charge is 0.339 e. The van der Waals surface area contributed by atoms with Crippen LogP contribution in [0.2, 0.25) is 0 Å². The Morgan fingerprint density at radius 3 is 2.32 bits per heavy atom. The minimum absolute atomic E-state index is 0.00630. The molecule has 0 atom stereocenters. The van der Waals surface area contributed by atoms with Crippen molar-refractivity contribution in [2.75, 3.05) is 26.2 Å². The van der Waals surface area contributed by atoms with Crippen LogP contribution in [-0.4, -0.2) is 52.8 Å². The summed E-state index contributed by atoms with van der Waals surface area (Å²) in [7, 11) is 0. The molecule has 5 heteroatoms. The van der Waals surface area contributed by atoms with E-state index in [-0.39, 0.29) is 11.8 Å². The predicted molar refractivity (Wildman–Crippen MR) is 110 cm³/mol. The maximum absolute atomic E-state index is 12.9. The number of aromatic nitrogens is 1.